The maximum absolute atomic E-state index is 13.2. The molecule has 154 valence electrons. The van der Waals surface area contributed by atoms with Gasteiger partial charge in [0, 0.05) is 44.8 Å². The average Bonchev–Trinajstić information content (AvgIpc) is 3.48. The second kappa shape index (κ2) is 7.16. The van der Waals surface area contributed by atoms with Crippen LogP contribution >= 0.6 is 0 Å². The third kappa shape index (κ3) is 3.01. The molecule has 3 heterocycles. The molecular weight excluding hydrogens is 378 g/mol. The van der Waals surface area contributed by atoms with Crippen molar-refractivity contribution in [3.63, 3.8) is 0 Å². The van der Waals surface area contributed by atoms with Crippen LogP contribution in [0.15, 0.2) is 42.6 Å². The van der Waals surface area contributed by atoms with E-state index >= 15 is 0 Å². The Labute approximate surface area is 175 Å². The highest BCUT2D eigenvalue weighted by Gasteiger charge is 2.33. The standard InChI is InChI=1S/C23H25N5O2/c1-25(18-8-9-19-17(12-18)13-24-26(19)2)20-7-5-6-16-14-28(23(30)22(16)20)15-21(29)27-10-3-4-11-27/h5-9,12-13H,3-4,10-11,14-15H2,1-2H3. The van der Waals surface area contributed by atoms with Gasteiger partial charge in [0.25, 0.3) is 5.91 Å². The minimum atomic E-state index is -0.0672. The third-order valence-corrected chi connectivity index (χ3v) is 6.25. The molecule has 1 aromatic heterocycles. The van der Waals surface area contributed by atoms with Crippen LogP contribution in [0.5, 0.6) is 0 Å². The molecule has 2 aliphatic heterocycles. The first-order valence-electron chi connectivity index (χ1n) is 10.4. The van der Waals surface area contributed by atoms with E-state index in [1.165, 1.54) is 0 Å². The first kappa shape index (κ1) is 18.7. The summed E-state index contributed by atoms with van der Waals surface area (Å²) in [6, 6.07) is 12.1. The van der Waals surface area contributed by atoms with Crippen LogP contribution in [0.3, 0.4) is 0 Å². The number of nitrogens with zero attached hydrogens (tertiary/aromatic N) is 5. The summed E-state index contributed by atoms with van der Waals surface area (Å²) in [5.41, 5.74) is 4.58. The minimum absolute atomic E-state index is 0.0468. The number of amides is 2. The Hall–Kier alpha value is -3.35. The number of benzene rings is 2. The predicted molar refractivity (Wildman–Crippen MR) is 116 cm³/mol. The zero-order valence-corrected chi connectivity index (χ0v) is 17.3. The first-order chi connectivity index (χ1) is 14.5. The van der Waals surface area contributed by atoms with Gasteiger partial charge < -0.3 is 14.7 Å². The number of hydrogen-bond donors (Lipinski definition) is 0. The number of fused-ring (bicyclic) bond motifs is 2. The van der Waals surface area contributed by atoms with E-state index in [1.807, 2.05) is 65.1 Å². The van der Waals surface area contributed by atoms with Gasteiger partial charge in [0.15, 0.2) is 0 Å². The van der Waals surface area contributed by atoms with Gasteiger partial charge in [-0.25, -0.2) is 0 Å². The first-order valence-corrected chi connectivity index (χ1v) is 10.4. The Morgan fingerprint density at radius 1 is 1.17 bits per heavy atom. The van der Waals surface area contributed by atoms with Gasteiger partial charge in [-0.2, -0.15) is 5.10 Å². The molecule has 1 fully saturated rings. The van der Waals surface area contributed by atoms with E-state index in [4.69, 9.17) is 0 Å². The minimum Gasteiger partial charge on any atom is -0.344 e. The molecule has 0 aliphatic carbocycles. The summed E-state index contributed by atoms with van der Waals surface area (Å²) in [7, 11) is 3.89. The van der Waals surface area contributed by atoms with Crippen molar-refractivity contribution in [2.45, 2.75) is 19.4 Å². The van der Waals surface area contributed by atoms with Gasteiger partial charge in [0.05, 0.1) is 23.0 Å². The lowest BCUT2D eigenvalue weighted by atomic mass is 10.1. The van der Waals surface area contributed by atoms with Crippen LogP contribution in [0.25, 0.3) is 10.9 Å². The molecule has 0 radical (unpaired) electrons. The average molecular weight is 403 g/mol. The number of hydrogen-bond acceptors (Lipinski definition) is 4. The van der Waals surface area contributed by atoms with Gasteiger partial charge in [0.1, 0.15) is 6.54 Å². The summed E-state index contributed by atoms with van der Waals surface area (Å²) >= 11 is 0. The predicted octanol–water partition coefficient (Wildman–Crippen LogP) is 2.92. The van der Waals surface area contributed by atoms with Crippen LogP contribution in [-0.4, -0.2) is 58.1 Å². The Bertz CT molecular complexity index is 1150. The van der Waals surface area contributed by atoms with Crippen LogP contribution in [0, 0.1) is 0 Å². The number of carbonyl (C=O) groups is 2. The van der Waals surface area contributed by atoms with Crippen molar-refractivity contribution >= 4 is 34.1 Å². The summed E-state index contributed by atoms with van der Waals surface area (Å²) in [4.78, 5) is 31.4. The molecule has 30 heavy (non-hydrogen) atoms. The van der Waals surface area contributed by atoms with Crippen molar-refractivity contribution in [2.75, 3.05) is 31.6 Å². The highest BCUT2D eigenvalue weighted by molar-refractivity contribution is 6.05. The molecule has 0 unspecified atom stereocenters. The smallest absolute Gasteiger partial charge is 0.257 e. The summed E-state index contributed by atoms with van der Waals surface area (Å²) in [6.45, 7) is 2.24. The number of anilines is 2. The second-order valence-electron chi connectivity index (χ2n) is 8.13. The number of aryl methyl sites for hydroxylation is 1. The van der Waals surface area contributed by atoms with Gasteiger partial charge in [-0.05, 0) is 42.7 Å². The van der Waals surface area contributed by atoms with Gasteiger partial charge in [-0.3, -0.25) is 14.3 Å². The van der Waals surface area contributed by atoms with E-state index < -0.39 is 0 Å². The SMILES string of the molecule is CN(c1ccc2c(cnn2C)c1)c1cccc2c1C(=O)N(CC(=O)N1CCCC1)C2. The van der Waals surface area contributed by atoms with Crippen molar-refractivity contribution in [2.24, 2.45) is 7.05 Å². The van der Waals surface area contributed by atoms with Crippen molar-refractivity contribution in [1.29, 1.82) is 0 Å². The molecule has 0 bridgehead atoms. The Kier molecular flexibility index (Phi) is 4.46. The molecule has 7 nitrogen and oxygen atoms in total. The fourth-order valence-corrected chi connectivity index (χ4v) is 4.54. The van der Waals surface area contributed by atoms with E-state index in [2.05, 4.69) is 11.2 Å². The molecule has 3 aromatic rings. The number of rotatable bonds is 4. The van der Waals surface area contributed by atoms with E-state index in [9.17, 15) is 9.59 Å². The Balaban J connectivity index is 1.42. The number of carbonyl (C=O) groups excluding carboxylic acids is 2. The quantitative estimate of drug-likeness (QED) is 0.672. The third-order valence-electron chi connectivity index (χ3n) is 6.25. The Morgan fingerprint density at radius 3 is 2.77 bits per heavy atom. The van der Waals surface area contributed by atoms with Gasteiger partial charge in [-0.1, -0.05) is 12.1 Å². The molecule has 0 N–H and O–H groups in total. The van der Waals surface area contributed by atoms with Crippen molar-refractivity contribution in [3.05, 3.63) is 53.7 Å². The van der Waals surface area contributed by atoms with Gasteiger partial charge >= 0.3 is 0 Å². The van der Waals surface area contributed by atoms with Gasteiger partial charge in [0.2, 0.25) is 5.91 Å². The molecule has 0 atom stereocenters. The normalized spacial score (nSPS) is 15.9. The number of likely N-dealkylation sites (tertiary alicyclic amines) is 1. The largest absolute Gasteiger partial charge is 0.344 e. The fourth-order valence-electron chi connectivity index (χ4n) is 4.54. The maximum Gasteiger partial charge on any atom is 0.257 e. The highest BCUT2D eigenvalue weighted by Crippen LogP contribution is 2.35. The molecule has 7 heteroatoms. The molecule has 1 saturated heterocycles. The van der Waals surface area contributed by atoms with Gasteiger partial charge in [-0.15, -0.1) is 0 Å². The van der Waals surface area contributed by atoms with E-state index in [0.717, 1.165) is 53.8 Å². The van der Waals surface area contributed by atoms with Crippen molar-refractivity contribution < 1.29 is 9.59 Å². The zero-order chi connectivity index (χ0) is 20.8. The zero-order valence-electron chi connectivity index (χ0n) is 17.3. The van der Waals surface area contributed by atoms with Crippen molar-refractivity contribution in [1.82, 2.24) is 19.6 Å². The Morgan fingerprint density at radius 2 is 1.97 bits per heavy atom. The lowest BCUT2D eigenvalue weighted by Gasteiger charge is -2.23. The van der Waals surface area contributed by atoms with Crippen LogP contribution in [0.1, 0.15) is 28.8 Å². The molecule has 2 amide bonds. The highest BCUT2D eigenvalue weighted by atomic mass is 16.2. The molecule has 0 saturated carbocycles. The molecule has 0 spiro atoms. The van der Waals surface area contributed by atoms with Crippen LogP contribution < -0.4 is 4.90 Å². The van der Waals surface area contributed by atoms with Crippen LogP contribution in [0.2, 0.25) is 0 Å². The summed E-state index contributed by atoms with van der Waals surface area (Å²) < 4.78 is 1.85. The maximum atomic E-state index is 13.2. The van der Waals surface area contributed by atoms with Crippen molar-refractivity contribution in [3.8, 4) is 0 Å². The summed E-state index contributed by atoms with van der Waals surface area (Å²) in [6.07, 6.45) is 3.95. The molecule has 2 aromatic carbocycles. The monoisotopic (exact) mass is 403 g/mol. The van der Waals surface area contributed by atoms with E-state index in [0.29, 0.717) is 12.1 Å². The van der Waals surface area contributed by atoms with E-state index in [-0.39, 0.29) is 18.4 Å². The summed E-state index contributed by atoms with van der Waals surface area (Å²) in [5, 5.41) is 5.36. The lowest BCUT2D eigenvalue weighted by molar-refractivity contribution is -0.130. The molecular formula is C23H25N5O2. The molecule has 2 aliphatic rings. The number of aromatic nitrogens is 2. The second-order valence-corrected chi connectivity index (χ2v) is 8.13. The summed E-state index contributed by atoms with van der Waals surface area (Å²) in [5.74, 6) is -0.0203. The van der Waals surface area contributed by atoms with Crippen LogP contribution in [0.4, 0.5) is 11.4 Å². The fraction of sp³-hybridized carbons (Fsp3) is 0.348. The lowest BCUT2D eigenvalue weighted by Crippen LogP contribution is -2.39. The van der Waals surface area contributed by atoms with E-state index in [1.54, 1.807) is 4.90 Å². The topological polar surface area (TPSA) is 61.7 Å². The molecule has 5 rings (SSSR count). The van der Waals surface area contributed by atoms with Crippen LogP contribution in [-0.2, 0) is 18.4 Å².